The summed E-state index contributed by atoms with van der Waals surface area (Å²) in [4.78, 5) is 9.00. The second kappa shape index (κ2) is 7.02. The molecule has 1 N–H and O–H groups in total. The molecule has 0 bridgehead atoms. The molecule has 5 heteroatoms. The van der Waals surface area contributed by atoms with Crippen LogP contribution in [-0.4, -0.2) is 24.6 Å². The molecule has 29 heavy (non-hydrogen) atoms. The molecule has 0 saturated carbocycles. The number of aromatic nitrogens is 5. The van der Waals surface area contributed by atoms with Gasteiger partial charge in [-0.15, -0.1) is 0 Å². The summed E-state index contributed by atoms with van der Waals surface area (Å²) < 4.78 is 2.08. The van der Waals surface area contributed by atoms with E-state index in [4.69, 9.17) is 0 Å². The maximum Gasteiger partial charge on any atom is 0.137 e. The Hall–Kier alpha value is -3.73. The number of nitrogens with one attached hydrogen (secondary N) is 1. The van der Waals surface area contributed by atoms with E-state index in [1.54, 1.807) is 6.20 Å². The highest BCUT2D eigenvalue weighted by atomic mass is 15.1. The zero-order valence-corrected chi connectivity index (χ0v) is 16.4. The summed E-state index contributed by atoms with van der Waals surface area (Å²) in [6.45, 7) is 4.41. The highest BCUT2D eigenvalue weighted by Crippen LogP contribution is 2.32. The molecule has 0 spiro atoms. The van der Waals surface area contributed by atoms with Crippen LogP contribution in [0.25, 0.3) is 39.4 Å². The molecule has 4 aromatic heterocycles. The summed E-state index contributed by atoms with van der Waals surface area (Å²) in [5, 5.41) is 7.49. The SMILES string of the molecule is CC(C)c1ccc(-c2[nH]ncc2-c2ccc3ncc(-c4ccccn4)n3c2)cc1. The average Bonchev–Trinajstić information content (AvgIpc) is 3.41. The summed E-state index contributed by atoms with van der Waals surface area (Å²) in [7, 11) is 0. The van der Waals surface area contributed by atoms with E-state index in [1.807, 2.05) is 36.7 Å². The standard InChI is InChI=1S/C24H21N5/c1-16(2)17-6-8-18(9-7-17)24-20(13-27-28-24)19-10-11-23-26-14-22(29(23)15-19)21-5-3-4-12-25-21/h3-16H,1-2H3,(H,27,28). The molecule has 5 rings (SSSR count). The van der Waals surface area contributed by atoms with Crippen molar-refractivity contribution in [2.24, 2.45) is 0 Å². The van der Waals surface area contributed by atoms with E-state index in [0.717, 1.165) is 39.4 Å². The number of fused-ring (bicyclic) bond motifs is 1. The Morgan fingerprint density at radius 3 is 2.45 bits per heavy atom. The summed E-state index contributed by atoms with van der Waals surface area (Å²) in [5.74, 6) is 0.513. The number of rotatable bonds is 4. The smallest absolute Gasteiger partial charge is 0.137 e. The Bertz CT molecular complexity index is 1260. The molecule has 0 radical (unpaired) electrons. The van der Waals surface area contributed by atoms with Crippen LogP contribution in [0.1, 0.15) is 25.3 Å². The minimum absolute atomic E-state index is 0.513. The molecule has 0 aliphatic heterocycles. The predicted molar refractivity (Wildman–Crippen MR) is 116 cm³/mol. The van der Waals surface area contributed by atoms with Gasteiger partial charge >= 0.3 is 0 Å². The van der Waals surface area contributed by atoms with Crippen molar-refractivity contribution in [3.63, 3.8) is 0 Å². The molecule has 142 valence electrons. The van der Waals surface area contributed by atoms with Crippen molar-refractivity contribution < 1.29 is 0 Å². The van der Waals surface area contributed by atoms with Crippen LogP contribution in [0.15, 0.2) is 79.4 Å². The molecule has 0 unspecified atom stereocenters. The quantitative estimate of drug-likeness (QED) is 0.444. The van der Waals surface area contributed by atoms with E-state index in [9.17, 15) is 0 Å². The first-order chi connectivity index (χ1) is 14.2. The first kappa shape index (κ1) is 17.4. The minimum atomic E-state index is 0.513. The van der Waals surface area contributed by atoms with Crippen LogP contribution in [-0.2, 0) is 0 Å². The normalized spacial score (nSPS) is 11.4. The Labute approximate surface area is 169 Å². The number of H-pyrrole nitrogens is 1. The summed E-state index contributed by atoms with van der Waals surface area (Å²) in [6, 6.07) is 18.7. The fourth-order valence-corrected chi connectivity index (χ4v) is 3.60. The van der Waals surface area contributed by atoms with Gasteiger partial charge in [-0.1, -0.05) is 44.2 Å². The molecule has 5 nitrogen and oxygen atoms in total. The van der Waals surface area contributed by atoms with Crippen molar-refractivity contribution in [1.82, 2.24) is 24.6 Å². The number of hydrogen-bond acceptors (Lipinski definition) is 3. The molecule has 4 heterocycles. The molecular weight excluding hydrogens is 358 g/mol. The highest BCUT2D eigenvalue weighted by molar-refractivity contribution is 5.81. The van der Waals surface area contributed by atoms with E-state index in [1.165, 1.54) is 5.56 Å². The van der Waals surface area contributed by atoms with Gasteiger partial charge in [-0.2, -0.15) is 5.10 Å². The maximum atomic E-state index is 4.52. The zero-order chi connectivity index (χ0) is 19.8. The Kier molecular flexibility index (Phi) is 4.21. The average molecular weight is 379 g/mol. The lowest BCUT2D eigenvalue weighted by Crippen LogP contribution is -1.92. The molecule has 0 amide bonds. The number of aromatic amines is 1. The van der Waals surface area contributed by atoms with Gasteiger partial charge in [0.25, 0.3) is 0 Å². The van der Waals surface area contributed by atoms with Crippen LogP contribution < -0.4 is 0 Å². The van der Waals surface area contributed by atoms with Gasteiger partial charge in [0, 0.05) is 29.1 Å². The lowest BCUT2D eigenvalue weighted by Gasteiger charge is -2.08. The van der Waals surface area contributed by atoms with Gasteiger partial charge in [-0.3, -0.25) is 14.5 Å². The van der Waals surface area contributed by atoms with Crippen LogP contribution >= 0.6 is 0 Å². The van der Waals surface area contributed by atoms with Crippen molar-refractivity contribution in [3.8, 4) is 33.8 Å². The molecule has 1 aromatic carbocycles. The van der Waals surface area contributed by atoms with Crippen LogP contribution in [0.5, 0.6) is 0 Å². The van der Waals surface area contributed by atoms with Crippen LogP contribution in [0, 0.1) is 0 Å². The van der Waals surface area contributed by atoms with Gasteiger partial charge in [0.05, 0.1) is 29.5 Å². The molecule has 0 aliphatic carbocycles. The lowest BCUT2D eigenvalue weighted by molar-refractivity contribution is 0.867. The second-order valence-corrected chi connectivity index (χ2v) is 7.44. The fourth-order valence-electron chi connectivity index (χ4n) is 3.60. The number of hydrogen-bond donors (Lipinski definition) is 1. The molecular formula is C24H21N5. The van der Waals surface area contributed by atoms with Gasteiger partial charge < -0.3 is 0 Å². The minimum Gasteiger partial charge on any atom is -0.298 e. The van der Waals surface area contributed by atoms with Crippen LogP contribution in [0.2, 0.25) is 0 Å². The molecule has 0 aliphatic rings. The van der Waals surface area contributed by atoms with Gasteiger partial charge in [-0.05, 0) is 35.7 Å². The van der Waals surface area contributed by atoms with Crippen molar-refractivity contribution in [2.45, 2.75) is 19.8 Å². The summed E-state index contributed by atoms with van der Waals surface area (Å²) in [5.41, 5.74) is 8.35. The molecule has 5 aromatic rings. The van der Waals surface area contributed by atoms with Gasteiger partial charge in [0.15, 0.2) is 0 Å². The van der Waals surface area contributed by atoms with Crippen molar-refractivity contribution in [1.29, 1.82) is 0 Å². The Morgan fingerprint density at radius 1 is 0.862 bits per heavy atom. The van der Waals surface area contributed by atoms with Crippen LogP contribution in [0.4, 0.5) is 0 Å². The number of imidazole rings is 1. The van der Waals surface area contributed by atoms with E-state index < -0.39 is 0 Å². The Morgan fingerprint density at radius 2 is 1.69 bits per heavy atom. The van der Waals surface area contributed by atoms with Gasteiger partial charge in [0.1, 0.15) is 5.65 Å². The van der Waals surface area contributed by atoms with Crippen LogP contribution in [0.3, 0.4) is 0 Å². The summed E-state index contributed by atoms with van der Waals surface area (Å²) >= 11 is 0. The van der Waals surface area contributed by atoms with E-state index in [0.29, 0.717) is 5.92 Å². The third-order valence-electron chi connectivity index (χ3n) is 5.25. The van der Waals surface area contributed by atoms with E-state index >= 15 is 0 Å². The zero-order valence-electron chi connectivity index (χ0n) is 16.4. The first-order valence-electron chi connectivity index (χ1n) is 9.73. The monoisotopic (exact) mass is 379 g/mol. The molecule has 0 saturated heterocycles. The lowest BCUT2D eigenvalue weighted by atomic mass is 9.98. The number of pyridine rings is 2. The maximum absolute atomic E-state index is 4.52. The molecule has 0 fully saturated rings. The van der Waals surface area contributed by atoms with Crippen molar-refractivity contribution >= 4 is 5.65 Å². The summed E-state index contributed by atoms with van der Waals surface area (Å²) in [6.07, 6.45) is 7.64. The molecule has 0 atom stereocenters. The van der Waals surface area contributed by atoms with E-state index in [-0.39, 0.29) is 0 Å². The Balaban J connectivity index is 1.60. The number of nitrogens with zero attached hydrogens (tertiary/aromatic N) is 4. The largest absolute Gasteiger partial charge is 0.298 e. The van der Waals surface area contributed by atoms with Gasteiger partial charge in [0.2, 0.25) is 0 Å². The predicted octanol–water partition coefficient (Wildman–Crippen LogP) is 5.58. The van der Waals surface area contributed by atoms with E-state index in [2.05, 4.69) is 74.9 Å². The third kappa shape index (κ3) is 3.10. The number of benzene rings is 1. The van der Waals surface area contributed by atoms with Crippen molar-refractivity contribution in [3.05, 3.63) is 84.9 Å². The topological polar surface area (TPSA) is 58.9 Å². The van der Waals surface area contributed by atoms with Gasteiger partial charge in [-0.25, -0.2) is 4.98 Å². The van der Waals surface area contributed by atoms with Crippen molar-refractivity contribution in [2.75, 3.05) is 0 Å². The fraction of sp³-hybridized carbons (Fsp3) is 0.125. The highest BCUT2D eigenvalue weighted by Gasteiger charge is 2.13. The first-order valence-corrected chi connectivity index (χ1v) is 9.73. The second-order valence-electron chi connectivity index (χ2n) is 7.44. The third-order valence-corrected chi connectivity index (χ3v) is 5.25.